The number of rotatable bonds is 4. The second kappa shape index (κ2) is 6.65. The quantitative estimate of drug-likeness (QED) is 0.845. The van der Waals surface area contributed by atoms with Crippen molar-refractivity contribution in [1.29, 1.82) is 0 Å². The molecule has 2 fully saturated rings. The molecule has 0 amide bonds. The molecule has 3 rings (SSSR count). The lowest BCUT2D eigenvalue weighted by atomic mass is 9.81. The van der Waals surface area contributed by atoms with E-state index in [1.807, 2.05) is 12.2 Å². The van der Waals surface area contributed by atoms with Crippen LogP contribution in [0.4, 0.5) is 19.0 Å². The summed E-state index contributed by atoms with van der Waals surface area (Å²) in [5.41, 5.74) is 7.66. The zero-order chi connectivity index (χ0) is 17.3. The van der Waals surface area contributed by atoms with Gasteiger partial charge in [-0.25, -0.2) is 4.98 Å². The standard InChI is InChI=1S/C18H23F3N2O/c1-24-17-13(10-15(22)23-16(17)12-6-7-12)5-2-11-3-8-14(9-4-11)18(19,20)21/h2,5,10-12,14H,3-4,6-9H2,1H3,(H2,22,23)/b5-2+. The normalized spacial score (nSPS) is 25.2. The van der Waals surface area contributed by atoms with Crippen molar-refractivity contribution in [2.75, 3.05) is 12.8 Å². The van der Waals surface area contributed by atoms with E-state index in [4.69, 9.17) is 10.5 Å². The molecule has 0 saturated heterocycles. The Bertz CT molecular complexity index is 615. The summed E-state index contributed by atoms with van der Waals surface area (Å²) in [5.74, 6) is 0.643. The lowest BCUT2D eigenvalue weighted by Crippen LogP contribution is -2.27. The van der Waals surface area contributed by atoms with Crippen molar-refractivity contribution in [3.05, 3.63) is 23.4 Å². The minimum absolute atomic E-state index is 0.173. The molecule has 0 atom stereocenters. The SMILES string of the molecule is COc1c(/C=C/C2CCC(C(F)(F)F)CC2)cc(N)nc1C1CC1. The highest BCUT2D eigenvalue weighted by Crippen LogP contribution is 2.45. The fraction of sp³-hybridized carbons (Fsp3) is 0.611. The molecule has 0 radical (unpaired) electrons. The van der Waals surface area contributed by atoms with Crippen molar-refractivity contribution in [3.8, 4) is 5.75 Å². The van der Waals surface area contributed by atoms with Gasteiger partial charge in [0.25, 0.3) is 0 Å². The summed E-state index contributed by atoms with van der Waals surface area (Å²) in [5, 5.41) is 0. The van der Waals surface area contributed by atoms with E-state index in [0.717, 1.165) is 29.8 Å². The average Bonchev–Trinajstić information content (AvgIpc) is 3.36. The molecule has 2 aliphatic rings. The number of halogens is 3. The Kier molecular flexibility index (Phi) is 4.74. The highest BCUT2D eigenvalue weighted by atomic mass is 19.4. The number of nitrogens with two attached hydrogens (primary N) is 1. The fourth-order valence-electron chi connectivity index (χ4n) is 3.45. The van der Waals surface area contributed by atoms with E-state index >= 15 is 0 Å². The predicted molar refractivity (Wildman–Crippen MR) is 87.7 cm³/mol. The third-order valence-electron chi connectivity index (χ3n) is 5.00. The van der Waals surface area contributed by atoms with Gasteiger partial charge in [-0.1, -0.05) is 12.2 Å². The topological polar surface area (TPSA) is 48.1 Å². The second-order valence-electron chi connectivity index (χ2n) is 6.84. The van der Waals surface area contributed by atoms with Gasteiger partial charge in [-0.2, -0.15) is 13.2 Å². The number of nitrogen functional groups attached to an aromatic ring is 1. The number of alkyl halides is 3. The maximum absolute atomic E-state index is 12.7. The molecule has 2 saturated carbocycles. The first-order valence-electron chi connectivity index (χ1n) is 8.47. The van der Waals surface area contributed by atoms with Gasteiger partial charge in [0, 0.05) is 11.5 Å². The largest absolute Gasteiger partial charge is 0.494 e. The summed E-state index contributed by atoms with van der Waals surface area (Å²) in [4.78, 5) is 4.39. The molecule has 0 spiro atoms. The van der Waals surface area contributed by atoms with Crippen molar-refractivity contribution in [1.82, 2.24) is 4.98 Å². The van der Waals surface area contributed by atoms with E-state index in [2.05, 4.69) is 4.98 Å². The third-order valence-corrected chi connectivity index (χ3v) is 5.00. The minimum Gasteiger partial charge on any atom is -0.494 e. The zero-order valence-corrected chi connectivity index (χ0v) is 13.8. The number of aromatic nitrogens is 1. The number of hydrogen-bond acceptors (Lipinski definition) is 3. The van der Waals surface area contributed by atoms with Crippen molar-refractivity contribution in [2.45, 2.75) is 50.6 Å². The van der Waals surface area contributed by atoms with Crippen molar-refractivity contribution < 1.29 is 17.9 Å². The maximum atomic E-state index is 12.7. The Morgan fingerprint density at radius 3 is 2.38 bits per heavy atom. The molecular formula is C18H23F3N2O. The molecule has 2 N–H and O–H groups in total. The Labute approximate surface area is 140 Å². The summed E-state index contributed by atoms with van der Waals surface area (Å²) >= 11 is 0. The highest BCUT2D eigenvalue weighted by molar-refractivity contribution is 5.63. The number of allylic oxidation sites excluding steroid dienone is 1. The van der Waals surface area contributed by atoms with Gasteiger partial charge in [0.2, 0.25) is 0 Å². The average molecular weight is 340 g/mol. The van der Waals surface area contributed by atoms with Crippen LogP contribution in [0.3, 0.4) is 0 Å². The molecule has 0 bridgehead atoms. The Morgan fingerprint density at radius 2 is 1.83 bits per heavy atom. The van der Waals surface area contributed by atoms with Gasteiger partial charge in [-0.3, -0.25) is 0 Å². The number of methoxy groups -OCH3 is 1. The van der Waals surface area contributed by atoms with Crippen LogP contribution in [0.2, 0.25) is 0 Å². The van der Waals surface area contributed by atoms with Gasteiger partial charge in [0.1, 0.15) is 11.6 Å². The fourth-order valence-corrected chi connectivity index (χ4v) is 3.45. The van der Waals surface area contributed by atoms with Crippen LogP contribution in [0.15, 0.2) is 12.1 Å². The van der Waals surface area contributed by atoms with E-state index in [9.17, 15) is 13.2 Å². The van der Waals surface area contributed by atoms with Crippen LogP contribution < -0.4 is 10.5 Å². The van der Waals surface area contributed by atoms with Crippen LogP contribution in [0.25, 0.3) is 6.08 Å². The number of nitrogens with zero attached hydrogens (tertiary/aromatic N) is 1. The molecule has 132 valence electrons. The van der Waals surface area contributed by atoms with Gasteiger partial charge in [0.15, 0.2) is 0 Å². The molecular weight excluding hydrogens is 317 g/mol. The molecule has 1 heterocycles. The minimum atomic E-state index is -4.06. The molecule has 1 aromatic rings. The van der Waals surface area contributed by atoms with E-state index in [0.29, 0.717) is 24.6 Å². The smallest absolute Gasteiger partial charge is 0.391 e. The van der Waals surface area contributed by atoms with Crippen molar-refractivity contribution in [2.24, 2.45) is 11.8 Å². The van der Waals surface area contributed by atoms with Gasteiger partial charge >= 0.3 is 6.18 Å². The maximum Gasteiger partial charge on any atom is 0.391 e. The highest BCUT2D eigenvalue weighted by Gasteiger charge is 2.41. The van der Waals surface area contributed by atoms with Crippen LogP contribution in [0.1, 0.15) is 55.7 Å². The monoisotopic (exact) mass is 340 g/mol. The van der Waals surface area contributed by atoms with Crippen LogP contribution in [0, 0.1) is 11.8 Å². The van der Waals surface area contributed by atoms with Crippen LogP contribution >= 0.6 is 0 Å². The Balaban J connectivity index is 1.71. The number of hydrogen-bond donors (Lipinski definition) is 1. The lowest BCUT2D eigenvalue weighted by Gasteiger charge is -2.28. The Morgan fingerprint density at radius 1 is 1.17 bits per heavy atom. The molecule has 0 aliphatic heterocycles. The van der Waals surface area contributed by atoms with E-state index in [1.165, 1.54) is 0 Å². The molecule has 0 aromatic carbocycles. The first kappa shape index (κ1) is 17.1. The van der Waals surface area contributed by atoms with Crippen LogP contribution in [-0.4, -0.2) is 18.3 Å². The third kappa shape index (κ3) is 3.84. The Hall–Kier alpha value is -1.72. The molecule has 0 unspecified atom stereocenters. The van der Waals surface area contributed by atoms with Gasteiger partial charge in [-0.15, -0.1) is 0 Å². The number of anilines is 1. The molecule has 24 heavy (non-hydrogen) atoms. The lowest BCUT2D eigenvalue weighted by molar-refractivity contribution is -0.183. The first-order chi connectivity index (χ1) is 11.4. The summed E-state index contributed by atoms with van der Waals surface area (Å²) < 4.78 is 43.7. The first-order valence-corrected chi connectivity index (χ1v) is 8.47. The van der Waals surface area contributed by atoms with Gasteiger partial charge in [-0.05, 0) is 50.5 Å². The van der Waals surface area contributed by atoms with E-state index in [1.54, 1.807) is 13.2 Å². The van der Waals surface area contributed by atoms with Crippen LogP contribution in [-0.2, 0) is 0 Å². The van der Waals surface area contributed by atoms with E-state index in [-0.39, 0.29) is 18.8 Å². The number of pyridine rings is 1. The van der Waals surface area contributed by atoms with Crippen LogP contribution in [0.5, 0.6) is 5.75 Å². The summed E-state index contributed by atoms with van der Waals surface area (Å²) in [6.45, 7) is 0. The molecule has 3 nitrogen and oxygen atoms in total. The second-order valence-corrected chi connectivity index (χ2v) is 6.84. The summed E-state index contributed by atoms with van der Waals surface area (Å²) in [6, 6.07) is 1.77. The van der Waals surface area contributed by atoms with Crippen molar-refractivity contribution in [3.63, 3.8) is 0 Å². The van der Waals surface area contributed by atoms with E-state index < -0.39 is 12.1 Å². The van der Waals surface area contributed by atoms with Gasteiger partial charge in [0.05, 0.1) is 18.7 Å². The summed E-state index contributed by atoms with van der Waals surface area (Å²) in [7, 11) is 1.62. The predicted octanol–water partition coefficient (Wildman–Crippen LogP) is 4.93. The number of ether oxygens (including phenoxy) is 1. The van der Waals surface area contributed by atoms with Crippen molar-refractivity contribution >= 4 is 11.9 Å². The zero-order valence-electron chi connectivity index (χ0n) is 13.8. The molecule has 1 aromatic heterocycles. The van der Waals surface area contributed by atoms with Gasteiger partial charge < -0.3 is 10.5 Å². The molecule has 6 heteroatoms. The molecule has 2 aliphatic carbocycles. The summed E-state index contributed by atoms with van der Waals surface area (Å²) in [6.07, 6.45) is 3.62.